The standard InChI is InChI=1S/C6H11NO4/c1-4(9)5(6(10)11)2-7-3-8/h3-5,9H,2H2,1H3,(H,7,8)(H,10,11). The molecule has 2 atom stereocenters. The zero-order valence-corrected chi connectivity index (χ0v) is 6.15. The van der Waals surface area contributed by atoms with Gasteiger partial charge in [-0.1, -0.05) is 0 Å². The van der Waals surface area contributed by atoms with Crippen molar-refractivity contribution in [2.45, 2.75) is 13.0 Å². The molecular weight excluding hydrogens is 150 g/mol. The summed E-state index contributed by atoms with van der Waals surface area (Å²) in [7, 11) is 0. The van der Waals surface area contributed by atoms with Gasteiger partial charge in [-0.2, -0.15) is 0 Å². The molecule has 64 valence electrons. The quantitative estimate of drug-likeness (QED) is 0.443. The lowest BCUT2D eigenvalue weighted by molar-refractivity contribution is -0.145. The van der Waals surface area contributed by atoms with Crippen molar-refractivity contribution in [1.29, 1.82) is 0 Å². The van der Waals surface area contributed by atoms with Crippen molar-refractivity contribution in [2.75, 3.05) is 6.54 Å². The highest BCUT2D eigenvalue weighted by atomic mass is 16.4. The summed E-state index contributed by atoms with van der Waals surface area (Å²) < 4.78 is 0. The Bertz CT molecular complexity index is 146. The Morgan fingerprint density at radius 1 is 1.73 bits per heavy atom. The van der Waals surface area contributed by atoms with Crippen molar-refractivity contribution in [3.8, 4) is 0 Å². The van der Waals surface area contributed by atoms with Gasteiger partial charge in [-0.3, -0.25) is 9.59 Å². The summed E-state index contributed by atoms with van der Waals surface area (Å²) in [5.41, 5.74) is 0. The first-order valence-corrected chi connectivity index (χ1v) is 3.17. The van der Waals surface area contributed by atoms with Gasteiger partial charge in [0.2, 0.25) is 6.41 Å². The first-order valence-electron chi connectivity index (χ1n) is 3.17. The number of carboxylic acid groups (broad SMARTS) is 1. The van der Waals surface area contributed by atoms with Crippen molar-refractivity contribution >= 4 is 12.4 Å². The van der Waals surface area contributed by atoms with Gasteiger partial charge in [0.15, 0.2) is 0 Å². The molecule has 0 bridgehead atoms. The third kappa shape index (κ3) is 3.57. The molecule has 0 heterocycles. The normalized spacial score (nSPS) is 15.1. The number of carbonyl (C=O) groups excluding carboxylic acids is 1. The number of aliphatic hydroxyl groups excluding tert-OH is 1. The second-order valence-corrected chi connectivity index (χ2v) is 2.21. The van der Waals surface area contributed by atoms with Gasteiger partial charge in [-0.05, 0) is 6.92 Å². The third-order valence-corrected chi connectivity index (χ3v) is 1.32. The summed E-state index contributed by atoms with van der Waals surface area (Å²) in [6.07, 6.45) is -0.557. The molecule has 0 aromatic heterocycles. The summed E-state index contributed by atoms with van der Waals surface area (Å²) in [6, 6.07) is 0. The predicted molar refractivity (Wildman–Crippen MR) is 36.9 cm³/mol. The van der Waals surface area contributed by atoms with Crippen molar-refractivity contribution in [2.24, 2.45) is 5.92 Å². The van der Waals surface area contributed by atoms with Crippen LogP contribution in [0, 0.1) is 5.92 Å². The number of amides is 1. The second-order valence-electron chi connectivity index (χ2n) is 2.21. The average molecular weight is 161 g/mol. The minimum atomic E-state index is -1.12. The maximum Gasteiger partial charge on any atom is 0.310 e. The van der Waals surface area contributed by atoms with Crippen LogP contribution in [0.5, 0.6) is 0 Å². The molecule has 0 aliphatic heterocycles. The van der Waals surface area contributed by atoms with E-state index < -0.39 is 18.0 Å². The molecule has 0 fully saturated rings. The van der Waals surface area contributed by atoms with E-state index >= 15 is 0 Å². The predicted octanol–water partition coefficient (Wildman–Crippen LogP) is -1.19. The molecule has 0 saturated heterocycles. The maximum atomic E-state index is 10.3. The van der Waals surface area contributed by atoms with Gasteiger partial charge in [0.1, 0.15) is 0 Å². The lowest BCUT2D eigenvalue weighted by Gasteiger charge is -2.13. The van der Waals surface area contributed by atoms with Gasteiger partial charge in [-0.15, -0.1) is 0 Å². The Morgan fingerprint density at radius 2 is 2.27 bits per heavy atom. The van der Waals surface area contributed by atoms with E-state index in [1.54, 1.807) is 0 Å². The number of hydrogen-bond donors (Lipinski definition) is 3. The molecule has 1 amide bonds. The lowest BCUT2D eigenvalue weighted by Crippen LogP contribution is -2.35. The Balaban J connectivity index is 3.89. The molecule has 3 N–H and O–H groups in total. The summed E-state index contributed by atoms with van der Waals surface area (Å²) in [4.78, 5) is 20.1. The van der Waals surface area contributed by atoms with Crippen LogP contribution in [0.3, 0.4) is 0 Å². The fraction of sp³-hybridized carbons (Fsp3) is 0.667. The average Bonchev–Trinajstić information content (AvgIpc) is 1.87. The first-order chi connectivity index (χ1) is 5.09. The van der Waals surface area contributed by atoms with Crippen LogP contribution in [0.1, 0.15) is 6.92 Å². The van der Waals surface area contributed by atoms with Gasteiger partial charge in [0.05, 0.1) is 12.0 Å². The van der Waals surface area contributed by atoms with Gasteiger partial charge < -0.3 is 15.5 Å². The number of hydrogen-bond acceptors (Lipinski definition) is 3. The van der Waals surface area contributed by atoms with Crippen molar-refractivity contribution < 1.29 is 19.8 Å². The van der Waals surface area contributed by atoms with E-state index in [0.717, 1.165) is 0 Å². The minimum absolute atomic E-state index is 0.0451. The van der Waals surface area contributed by atoms with Crippen molar-refractivity contribution in [3.63, 3.8) is 0 Å². The van der Waals surface area contributed by atoms with Crippen molar-refractivity contribution in [1.82, 2.24) is 5.32 Å². The topological polar surface area (TPSA) is 86.6 Å². The van der Waals surface area contributed by atoms with E-state index in [0.29, 0.717) is 6.41 Å². The summed E-state index contributed by atoms with van der Waals surface area (Å²) in [5, 5.41) is 19.5. The second kappa shape index (κ2) is 4.68. The van der Waals surface area contributed by atoms with Crippen LogP contribution < -0.4 is 5.32 Å². The van der Waals surface area contributed by atoms with Crippen LogP contribution in [0.15, 0.2) is 0 Å². The van der Waals surface area contributed by atoms with Gasteiger partial charge in [0.25, 0.3) is 0 Å². The Labute approximate surface area is 64.0 Å². The molecule has 5 heteroatoms. The molecular formula is C6H11NO4. The van der Waals surface area contributed by atoms with E-state index in [-0.39, 0.29) is 6.54 Å². The Morgan fingerprint density at radius 3 is 2.55 bits per heavy atom. The zero-order valence-electron chi connectivity index (χ0n) is 6.15. The summed E-state index contributed by atoms with van der Waals surface area (Å²) in [5.74, 6) is -2.05. The fourth-order valence-corrected chi connectivity index (χ4v) is 0.639. The molecule has 5 nitrogen and oxygen atoms in total. The number of carbonyl (C=O) groups is 2. The zero-order chi connectivity index (χ0) is 8.85. The molecule has 0 aromatic rings. The van der Waals surface area contributed by atoms with Gasteiger partial charge >= 0.3 is 5.97 Å². The van der Waals surface area contributed by atoms with E-state index in [9.17, 15) is 9.59 Å². The maximum absolute atomic E-state index is 10.3. The molecule has 0 aromatic carbocycles. The van der Waals surface area contributed by atoms with Crippen molar-refractivity contribution in [3.05, 3.63) is 0 Å². The SMILES string of the molecule is CC(O)C(CNC=O)C(=O)O. The van der Waals surface area contributed by atoms with E-state index in [1.807, 2.05) is 0 Å². The van der Waals surface area contributed by atoms with Crippen LogP contribution in [0.25, 0.3) is 0 Å². The fourth-order valence-electron chi connectivity index (χ4n) is 0.639. The van der Waals surface area contributed by atoms with Crippen LogP contribution in [-0.4, -0.2) is 35.2 Å². The highest BCUT2D eigenvalue weighted by Crippen LogP contribution is 2.01. The number of nitrogens with one attached hydrogen (secondary N) is 1. The number of carboxylic acids is 1. The van der Waals surface area contributed by atoms with Gasteiger partial charge in [0, 0.05) is 6.54 Å². The van der Waals surface area contributed by atoms with Crippen LogP contribution >= 0.6 is 0 Å². The van der Waals surface area contributed by atoms with E-state index in [1.165, 1.54) is 6.92 Å². The lowest BCUT2D eigenvalue weighted by atomic mass is 10.0. The molecule has 0 rings (SSSR count). The smallest absolute Gasteiger partial charge is 0.310 e. The molecule has 0 saturated carbocycles. The molecule has 0 aliphatic carbocycles. The summed E-state index contributed by atoms with van der Waals surface area (Å²) in [6.45, 7) is 1.32. The molecule has 0 spiro atoms. The number of rotatable bonds is 5. The van der Waals surface area contributed by atoms with Crippen LogP contribution in [-0.2, 0) is 9.59 Å². The third-order valence-electron chi connectivity index (χ3n) is 1.32. The molecule has 0 aliphatic rings. The summed E-state index contributed by atoms with van der Waals surface area (Å²) >= 11 is 0. The Kier molecular flexibility index (Phi) is 4.21. The number of aliphatic hydroxyl groups is 1. The van der Waals surface area contributed by atoms with E-state index in [4.69, 9.17) is 10.2 Å². The highest BCUT2D eigenvalue weighted by Gasteiger charge is 2.21. The monoisotopic (exact) mass is 161 g/mol. The largest absolute Gasteiger partial charge is 0.481 e. The van der Waals surface area contributed by atoms with Crippen LogP contribution in [0.4, 0.5) is 0 Å². The van der Waals surface area contributed by atoms with E-state index in [2.05, 4.69) is 5.32 Å². The van der Waals surface area contributed by atoms with Crippen LogP contribution in [0.2, 0.25) is 0 Å². The van der Waals surface area contributed by atoms with Gasteiger partial charge in [-0.25, -0.2) is 0 Å². The minimum Gasteiger partial charge on any atom is -0.481 e. The molecule has 0 radical (unpaired) electrons. The first kappa shape index (κ1) is 9.90. The Hall–Kier alpha value is -1.10. The molecule has 11 heavy (non-hydrogen) atoms. The molecule has 2 unspecified atom stereocenters. The number of aliphatic carboxylic acids is 1. The highest BCUT2D eigenvalue weighted by molar-refractivity contribution is 5.71.